The molecule has 0 amide bonds. The van der Waals surface area contributed by atoms with Crippen LogP contribution >= 0.6 is 22.7 Å². The minimum Gasteiger partial charge on any atom is -0.319 e. The molecule has 0 atom stereocenters. The van der Waals surface area contributed by atoms with E-state index in [1.165, 1.54) is 12.8 Å². The lowest BCUT2D eigenvalue weighted by Gasteiger charge is -2.19. The van der Waals surface area contributed by atoms with E-state index in [9.17, 15) is 0 Å². The molecule has 1 aliphatic rings. The molecule has 1 aliphatic carbocycles. The van der Waals surface area contributed by atoms with Crippen molar-refractivity contribution in [3.63, 3.8) is 0 Å². The number of nitrogens with two attached hydrogens (primary N) is 1. The molecule has 0 saturated heterocycles. The molecule has 1 fully saturated rings. The zero-order valence-corrected chi connectivity index (χ0v) is 11.4. The van der Waals surface area contributed by atoms with Gasteiger partial charge < -0.3 is 5.73 Å². The van der Waals surface area contributed by atoms with Crippen molar-refractivity contribution >= 4 is 22.7 Å². The van der Waals surface area contributed by atoms with Crippen LogP contribution in [0.1, 0.15) is 35.7 Å². The van der Waals surface area contributed by atoms with E-state index in [1.54, 1.807) is 22.7 Å². The number of hydrogen-bond donors (Lipinski definition) is 1. The number of rotatable bonds is 2. The quantitative estimate of drug-likeness (QED) is 0.906. The molecule has 90 valence electrons. The minimum atomic E-state index is -0.173. The summed E-state index contributed by atoms with van der Waals surface area (Å²) in [5, 5.41) is 6.30. The Bertz CT molecular complexity index is 523. The van der Waals surface area contributed by atoms with Crippen molar-refractivity contribution in [3.05, 3.63) is 20.8 Å². The highest BCUT2D eigenvalue weighted by Crippen LogP contribution is 2.38. The van der Waals surface area contributed by atoms with Gasteiger partial charge in [-0.25, -0.2) is 9.97 Å². The average molecular weight is 265 g/mol. The molecule has 2 aromatic heterocycles. The average Bonchev–Trinajstić information content (AvgIpc) is 2.96. The molecule has 0 radical (unpaired) electrons. The van der Waals surface area contributed by atoms with Crippen LogP contribution in [0.5, 0.6) is 0 Å². The molecule has 2 heterocycles. The predicted octanol–water partition coefficient (Wildman–Crippen LogP) is 3.30. The molecule has 3 nitrogen and oxygen atoms in total. The molecule has 2 N–H and O–H groups in total. The standard InChI is InChI=1S/C12H15N3S2/c1-8-14-9(6-16-8)10-7-17-11(15-10)12(13)4-2-3-5-12/h6-7H,2-5,13H2,1H3. The number of aromatic nitrogens is 2. The summed E-state index contributed by atoms with van der Waals surface area (Å²) < 4.78 is 0. The van der Waals surface area contributed by atoms with E-state index < -0.39 is 0 Å². The Morgan fingerprint density at radius 2 is 1.76 bits per heavy atom. The van der Waals surface area contributed by atoms with Crippen LogP contribution in [0.4, 0.5) is 0 Å². The molecule has 5 heteroatoms. The Morgan fingerprint density at radius 1 is 1.12 bits per heavy atom. The molecular formula is C12H15N3S2. The minimum absolute atomic E-state index is 0.173. The first-order chi connectivity index (χ1) is 8.17. The fourth-order valence-corrected chi connectivity index (χ4v) is 3.91. The summed E-state index contributed by atoms with van der Waals surface area (Å²) in [5.41, 5.74) is 8.20. The third-order valence-corrected chi connectivity index (χ3v) is 5.14. The Balaban J connectivity index is 1.92. The Hall–Kier alpha value is -0.780. The van der Waals surface area contributed by atoms with Crippen LogP contribution in [-0.4, -0.2) is 9.97 Å². The molecule has 3 rings (SSSR count). The molecule has 0 bridgehead atoms. The first-order valence-corrected chi connectivity index (χ1v) is 7.61. The summed E-state index contributed by atoms with van der Waals surface area (Å²) in [4.78, 5) is 9.15. The van der Waals surface area contributed by atoms with Crippen LogP contribution in [0.25, 0.3) is 11.4 Å². The maximum Gasteiger partial charge on any atom is 0.113 e. The van der Waals surface area contributed by atoms with E-state index in [0.29, 0.717) is 0 Å². The highest BCUT2D eigenvalue weighted by Gasteiger charge is 2.34. The third-order valence-electron chi connectivity index (χ3n) is 3.31. The van der Waals surface area contributed by atoms with Gasteiger partial charge in [0.25, 0.3) is 0 Å². The van der Waals surface area contributed by atoms with Gasteiger partial charge in [-0.2, -0.15) is 0 Å². The van der Waals surface area contributed by atoms with E-state index in [0.717, 1.165) is 34.2 Å². The largest absolute Gasteiger partial charge is 0.319 e. The monoisotopic (exact) mass is 265 g/mol. The fourth-order valence-electron chi connectivity index (χ4n) is 2.32. The van der Waals surface area contributed by atoms with Crippen molar-refractivity contribution in [1.29, 1.82) is 0 Å². The highest BCUT2D eigenvalue weighted by molar-refractivity contribution is 7.10. The Labute approximate surface area is 109 Å². The lowest BCUT2D eigenvalue weighted by Crippen LogP contribution is -2.32. The van der Waals surface area contributed by atoms with Crippen molar-refractivity contribution in [2.75, 3.05) is 0 Å². The number of thiazole rings is 2. The van der Waals surface area contributed by atoms with E-state index in [4.69, 9.17) is 5.73 Å². The van der Waals surface area contributed by atoms with E-state index in [2.05, 4.69) is 20.7 Å². The van der Waals surface area contributed by atoms with Gasteiger partial charge in [0.05, 0.1) is 10.5 Å². The van der Waals surface area contributed by atoms with Gasteiger partial charge in [-0.1, -0.05) is 12.8 Å². The Kier molecular flexibility index (Phi) is 2.77. The highest BCUT2D eigenvalue weighted by atomic mass is 32.1. The molecule has 17 heavy (non-hydrogen) atoms. The topological polar surface area (TPSA) is 51.8 Å². The SMILES string of the molecule is Cc1nc(-c2csc(C3(N)CCCC3)n2)cs1. The number of aryl methyl sites for hydroxylation is 1. The maximum absolute atomic E-state index is 6.41. The van der Waals surface area contributed by atoms with Gasteiger partial charge in [0.1, 0.15) is 16.4 Å². The van der Waals surface area contributed by atoms with Crippen molar-refractivity contribution in [1.82, 2.24) is 9.97 Å². The first kappa shape index (κ1) is 11.3. The van der Waals surface area contributed by atoms with Crippen LogP contribution in [0, 0.1) is 6.92 Å². The molecule has 0 spiro atoms. The lowest BCUT2D eigenvalue weighted by atomic mass is 10.0. The van der Waals surface area contributed by atoms with Gasteiger partial charge >= 0.3 is 0 Å². The van der Waals surface area contributed by atoms with E-state index in [1.807, 2.05) is 6.92 Å². The maximum atomic E-state index is 6.41. The Morgan fingerprint density at radius 3 is 2.41 bits per heavy atom. The number of nitrogens with zero attached hydrogens (tertiary/aromatic N) is 2. The second kappa shape index (κ2) is 4.15. The van der Waals surface area contributed by atoms with Gasteiger partial charge in [-0.3, -0.25) is 0 Å². The lowest BCUT2D eigenvalue weighted by molar-refractivity contribution is 0.459. The molecule has 1 saturated carbocycles. The molecular weight excluding hydrogens is 250 g/mol. The van der Waals surface area contributed by atoms with Crippen molar-refractivity contribution in [2.45, 2.75) is 38.1 Å². The van der Waals surface area contributed by atoms with E-state index >= 15 is 0 Å². The second-order valence-corrected chi connectivity index (χ2v) is 6.57. The molecule has 0 aromatic carbocycles. The van der Waals surface area contributed by atoms with Gasteiger partial charge in [0.15, 0.2) is 0 Å². The van der Waals surface area contributed by atoms with Crippen LogP contribution in [0.15, 0.2) is 10.8 Å². The van der Waals surface area contributed by atoms with Gasteiger partial charge in [0.2, 0.25) is 0 Å². The van der Waals surface area contributed by atoms with Gasteiger partial charge in [-0.05, 0) is 19.8 Å². The third kappa shape index (κ3) is 2.03. The summed E-state index contributed by atoms with van der Waals surface area (Å²) in [6, 6.07) is 0. The zero-order chi connectivity index (χ0) is 11.9. The molecule has 2 aromatic rings. The fraction of sp³-hybridized carbons (Fsp3) is 0.500. The van der Waals surface area contributed by atoms with Gasteiger partial charge in [-0.15, -0.1) is 22.7 Å². The van der Waals surface area contributed by atoms with Crippen molar-refractivity contribution in [2.24, 2.45) is 5.73 Å². The molecule has 0 aliphatic heterocycles. The predicted molar refractivity (Wildman–Crippen MR) is 72.3 cm³/mol. The summed E-state index contributed by atoms with van der Waals surface area (Å²) in [7, 11) is 0. The van der Waals surface area contributed by atoms with Crippen LogP contribution < -0.4 is 5.73 Å². The summed E-state index contributed by atoms with van der Waals surface area (Å²) in [6.45, 7) is 2.02. The van der Waals surface area contributed by atoms with Crippen LogP contribution in [0.2, 0.25) is 0 Å². The summed E-state index contributed by atoms with van der Waals surface area (Å²) in [5.74, 6) is 0. The van der Waals surface area contributed by atoms with Crippen LogP contribution in [0.3, 0.4) is 0 Å². The number of hydrogen-bond acceptors (Lipinski definition) is 5. The van der Waals surface area contributed by atoms with Crippen molar-refractivity contribution in [3.8, 4) is 11.4 Å². The van der Waals surface area contributed by atoms with E-state index in [-0.39, 0.29) is 5.54 Å². The summed E-state index contributed by atoms with van der Waals surface area (Å²) in [6.07, 6.45) is 4.58. The first-order valence-electron chi connectivity index (χ1n) is 5.85. The van der Waals surface area contributed by atoms with Crippen molar-refractivity contribution < 1.29 is 0 Å². The normalized spacial score (nSPS) is 18.7. The second-order valence-electron chi connectivity index (χ2n) is 4.65. The zero-order valence-electron chi connectivity index (χ0n) is 9.77. The van der Waals surface area contributed by atoms with Gasteiger partial charge in [0, 0.05) is 10.8 Å². The molecule has 0 unspecified atom stereocenters. The van der Waals surface area contributed by atoms with Crippen LogP contribution in [-0.2, 0) is 5.54 Å². The summed E-state index contributed by atoms with van der Waals surface area (Å²) >= 11 is 3.34. The smallest absolute Gasteiger partial charge is 0.113 e.